The van der Waals surface area contributed by atoms with Crippen LogP contribution >= 0.6 is 0 Å². The Balaban J connectivity index is 1.42. The number of benzene rings is 2. The number of hydrogen-bond acceptors (Lipinski definition) is 3. The molecule has 2 atom stereocenters. The molecule has 2 aromatic rings. The molecule has 1 amide bonds. The van der Waals surface area contributed by atoms with Crippen LogP contribution in [0.4, 0.5) is 5.69 Å². The summed E-state index contributed by atoms with van der Waals surface area (Å²) in [6.07, 6.45) is 5.42. The van der Waals surface area contributed by atoms with E-state index in [0.717, 1.165) is 48.9 Å². The minimum atomic E-state index is -3.64. The summed E-state index contributed by atoms with van der Waals surface area (Å²) in [5.74, 6) is 0.337. The van der Waals surface area contributed by atoms with Gasteiger partial charge in [0.05, 0.1) is 4.90 Å². The summed E-state index contributed by atoms with van der Waals surface area (Å²) in [5, 5.41) is 0. The molecule has 29 heavy (non-hydrogen) atoms. The van der Waals surface area contributed by atoms with Crippen LogP contribution in [0.2, 0.25) is 0 Å². The van der Waals surface area contributed by atoms with Crippen LogP contribution in [0, 0.1) is 5.92 Å². The molecular formula is C23H26N2O3S. The minimum Gasteiger partial charge on any atom is -0.309 e. The van der Waals surface area contributed by atoms with Crippen molar-refractivity contribution >= 4 is 21.6 Å². The Morgan fingerprint density at radius 3 is 2.66 bits per heavy atom. The lowest BCUT2D eigenvalue weighted by molar-refractivity contribution is -0.120. The number of sulfonamides is 1. The lowest BCUT2D eigenvalue weighted by atomic mass is 9.88. The second-order valence-corrected chi connectivity index (χ2v) is 10.3. The van der Waals surface area contributed by atoms with E-state index >= 15 is 0 Å². The van der Waals surface area contributed by atoms with Gasteiger partial charge in [0.25, 0.3) is 0 Å². The monoisotopic (exact) mass is 410 g/mol. The summed E-state index contributed by atoms with van der Waals surface area (Å²) in [7, 11) is -3.64. The first kappa shape index (κ1) is 18.8. The summed E-state index contributed by atoms with van der Waals surface area (Å²) in [6.45, 7) is 2.03. The third-order valence-electron chi connectivity index (χ3n) is 6.41. The van der Waals surface area contributed by atoms with Crippen LogP contribution in [-0.2, 0) is 27.7 Å². The summed E-state index contributed by atoms with van der Waals surface area (Å²) in [4.78, 5) is 14.8. The maximum absolute atomic E-state index is 13.1. The molecule has 6 heteroatoms. The van der Waals surface area contributed by atoms with Crippen molar-refractivity contribution in [1.82, 2.24) is 4.72 Å². The fraction of sp³-hybridized carbons (Fsp3) is 0.435. The quantitative estimate of drug-likeness (QED) is 0.835. The van der Waals surface area contributed by atoms with Gasteiger partial charge in [-0.05, 0) is 80.3 Å². The van der Waals surface area contributed by atoms with Gasteiger partial charge in [-0.25, -0.2) is 13.1 Å². The Bertz CT molecular complexity index is 1080. The summed E-state index contributed by atoms with van der Waals surface area (Å²) < 4.78 is 29.2. The fourth-order valence-corrected chi connectivity index (χ4v) is 6.07. The SMILES string of the molecule is C[C@@H]1Cc2cc(S(=O)(=O)N[C@H]3CCCc4ccccc43)ccc2N1C(=O)C1CC1. The van der Waals surface area contributed by atoms with Gasteiger partial charge < -0.3 is 4.90 Å². The van der Waals surface area contributed by atoms with Crippen LogP contribution in [0.5, 0.6) is 0 Å². The molecule has 0 aromatic heterocycles. The smallest absolute Gasteiger partial charge is 0.241 e. The molecule has 152 valence electrons. The lowest BCUT2D eigenvalue weighted by Gasteiger charge is -2.26. The normalized spacial score (nSPS) is 23.6. The Morgan fingerprint density at radius 2 is 1.86 bits per heavy atom. The maximum atomic E-state index is 13.1. The highest BCUT2D eigenvalue weighted by atomic mass is 32.2. The summed E-state index contributed by atoms with van der Waals surface area (Å²) in [5.41, 5.74) is 4.12. The average molecular weight is 411 g/mol. The predicted molar refractivity (Wildman–Crippen MR) is 112 cm³/mol. The number of hydrogen-bond donors (Lipinski definition) is 1. The number of amides is 1. The Kier molecular flexibility index (Phi) is 4.51. The van der Waals surface area contributed by atoms with Gasteiger partial charge in [-0.3, -0.25) is 4.79 Å². The zero-order valence-electron chi connectivity index (χ0n) is 16.6. The van der Waals surface area contributed by atoms with Gasteiger partial charge in [0.2, 0.25) is 15.9 Å². The number of nitrogens with zero attached hydrogens (tertiary/aromatic N) is 1. The zero-order chi connectivity index (χ0) is 20.2. The molecule has 5 rings (SSSR count). The summed E-state index contributed by atoms with van der Waals surface area (Å²) >= 11 is 0. The molecule has 1 N–H and O–H groups in total. The minimum absolute atomic E-state index is 0.0780. The molecule has 1 aliphatic heterocycles. The molecule has 0 unspecified atom stereocenters. The highest BCUT2D eigenvalue weighted by Crippen LogP contribution is 2.40. The van der Waals surface area contributed by atoms with E-state index in [9.17, 15) is 13.2 Å². The molecule has 0 saturated heterocycles. The lowest BCUT2D eigenvalue weighted by Crippen LogP contribution is -2.36. The maximum Gasteiger partial charge on any atom is 0.241 e. The van der Waals surface area contributed by atoms with Crippen molar-refractivity contribution in [3.63, 3.8) is 0 Å². The Labute approximate surface area is 172 Å². The number of rotatable bonds is 4. The van der Waals surface area contributed by atoms with Crippen LogP contribution in [0.25, 0.3) is 0 Å². The van der Waals surface area contributed by atoms with E-state index in [2.05, 4.69) is 10.8 Å². The largest absolute Gasteiger partial charge is 0.309 e. The molecule has 0 bridgehead atoms. The van der Waals surface area contributed by atoms with Crippen molar-refractivity contribution in [3.8, 4) is 0 Å². The average Bonchev–Trinajstić information content (AvgIpc) is 3.49. The van der Waals surface area contributed by atoms with Gasteiger partial charge in [-0.15, -0.1) is 0 Å². The number of carbonyl (C=O) groups excluding carboxylic acids is 1. The van der Waals surface area contributed by atoms with Crippen molar-refractivity contribution < 1.29 is 13.2 Å². The molecule has 1 saturated carbocycles. The van der Waals surface area contributed by atoms with Crippen molar-refractivity contribution in [2.45, 2.75) is 62.4 Å². The number of nitrogens with one attached hydrogen (secondary N) is 1. The van der Waals surface area contributed by atoms with Crippen LogP contribution in [-0.4, -0.2) is 20.4 Å². The Morgan fingerprint density at radius 1 is 1.07 bits per heavy atom. The van der Waals surface area contributed by atoms with E-state index in [1.165, 1.54) is 5.56 Å². The third-order valence-corrected chi connectivity index (χ3v) is 7.88. The first-order valence-corrected chi connectivity index (χ1v) is 12.0. The fourth-order valence-electron chi connectivity index (χ4n) is 4.77. The number of fused-ring (bicyclic) bond motifs is 2. The molecule has 2 aliphatic carbocycles. The van der Waals surface area contributed by atoms with Crippen molar-refractivity contribution in [2.75, 3.05) is 4.90 Å². The van der Waals surface area contributed by atoms with Gasteiger partial charge in [0.1, 0.15) is 0 Å². The molecule has 3 aliphatic rings. The second-order valence-electron chi connectivity index (χ2n) is 8.59. The third kappa shape index (κ3) is 3.38. The van der Waals surface area contributed by atoms with Crippen LogP contribution in [0.15, 0.2) is 47.4 Å². The molecule has 1 fully saturated rings. The van der Waals surface area contributed by atoms with Gasteiger partial charge in [-0.1, -0.05) is 24.3 Å². The topological polar surface area (TPSA) is 66.5 Å². The van der Waals surface area contributed by atoms with Crippen molar-refractivity contribution in [3.05, 3.63) is 59.2 Å². The standard InChI is InChI=1S/C23H26N2O3S/c1-15-13-18-14-19(11-12-22(18)25(15)23(26)17-9-10-17)29(27,28)24-21-8-4-6-16-5-2-3-7-20(16)21/h2-3,5,7,11-12,14-15,17,21,24H,4,6,8-10,13H2,1H3/t15-,21+/m1/s1. The summed E-state index contributed by atoms with van der Waals surface area (Å²) in [6, 6.07) is 13.2. The highest BCUT2D eigenvalue weighted by Gasteiger charge is 2.40. The van der Waals surface area contributed by atoms with Crippen LogP contribution in [0.1, 0.15) is 55.3 Å². The van der Waals surface area contributed by atoms with Gasteiger partial charge in [-0.2, -0.15) is 0 Å². The van der Waals surface area contributed by atoms with Crippen molar-refractivity contribution in [2.24, 2.45) is 5.92 Å². The van der Waals surface area contributed by atoms with Crippen molar-refractivity contribution in [1.29, 1.82) is 0 Å². The first-order chi connectivity index (χ1) is 13.9. The van der Waals surface area contributed by atoms with E-state index in [1.54, 1.807) is 12.1 Å². The molecule has 1 heterocycles. The van der Waals surface area contributed by atoms with Crippen LogP contribution in [0.3, 0.4) is 0 Å². The second kappa shape index (κ2) is 6.96. The molecule has 5 nitrogen and oxygen atoms in total. The first-order valence-electron chi connectivity index (χ1n) is 10.5. The molecule has 0 spiro atoms. The molecule has 0 radical (unpaired) electrons. The predicted octanol–water partition coefficient (Wildman–Crippen LogP) is 3.73. The number of carbonyl (C=O) groups is 1. The van der Waals surface area contributed by atoms with E-state index in [4.69, 9.17) is 0 Å². The molecule has 2 aromatic carbocycles. The number of aryl methyl sites for hydroxylation is 1. The number of anilines is 1. The van der Waals surface area contributed by atoms with E-state index < -0.39 is 10.0 Å². The van der Waals surface area contributed by atoms with E-state index in [0.29, 0.717) is 6.42 Å². The zero-order valence-corrected chi connectivity index (χ0v) is 17.4. The van der Waals surface area contributed by atoms with Gasteiger partial charge >= 0.3 is 0 Å². The Hall–Kier alpha value is -2.18. The van der Waals surface area contributed by atoms with Gasteiger partial charge in [0.15, 0.2) is 0 Å². The van der Waals surface area contributed by atoms with E-state index in [-0.39, 0.29) is 28.8 Å². The van der Waals surface area contributed by atoms with E-state index in [1.807, 2.05) is 36.1 Å². The van der Waals surface area contributed by atoms with Gasteiger partial charge in [0, 0.05) is 23.7 Å². The van der Waals surface area contributed by atoms with Crippen LogP contribution < -0.4 is 9.62 Å². The molecular weight excluding hydrogens is 384 g/mol. The highest BCUT2D eigenvalue weighted by molar-refractivity contribution is 7.89.